The highest BCUT2D eigenvalue weighted by atomic mass is 32.2. The molecule has 0 fully saturated rings. The van der Waals surface area contributed by atoms with Crippen LogP contribution in [0.15, 0.2) is 83.8 Å². The van der Waals surface area contributed by atoms with Gasteiger partial charge in [-0.3, -0.25) is 4.79 Å². The highest BCUT2D eigenvalue weighted by Crippen LogP contribution is 2.22. The van der Waals surface area contributed by atoms with E-state index in [1.807, 2.05) is 48.5 Å². The van der Waals surface area contributed by atoms with Gasteiger partial charge in [-0.25, -0.2) is 13.6 Å². The number of hydrogen-bond acceptors (Lipinski definition) is 4. The van der Waals surface area contributed by atoms with Crippen LogP contribution in [-0.2, 0) is 16.6 Å². The monoisotopic (exact) mass is 424 g/mol. The van der Waals surface area contributed by atoms with Gasteiger partial charge in [0.15, 0.2) is 0 Å². The van der Waals surface area contributed by atoms with E-state index in [2.05, 4.69) is 0 Å². The normalized spacial score (nSPS) is 12.4. The van der Waals surface area contributed by atoms with Crippen molar-refractivity contribution in [1.82, 2.24) is 4.90 Å². The SMILES string of the molecule is Cc1ccc(S(N)(=O)=O)c(C(=O)N(Cc2ccccc2)CC(O)c2ccccc2)c1. The Morgan fingerprint density at radius 1 is 1.00 bits per heavy atom. The molecule has 3 aromatic carbocycles. The molecular formula is C23H24N2O4S. The first-order valence-electron chi connectivity index (χ1n) is 9.45. The highest BCUT2D eigenvalue weighted by Gasteiger charge is 2.26. The quantitative estimate of drug-likeness (QED) is 0.609. The van der Waals surface area contributed by atoms with Gasteiger partial charge in [0.25, 0.3) is 5.91 Å². The summed E-state index contributed by atoms with van der Waals surface area (Å²) in [5.41, 5.74) is 2.25. The predicted molar refractivity (Wildman–Crippen MR) is 115 cm³/mol. The Morgan fingerprint density at radius 3 is 2.20 bits per heavy atom. The molecule has 0 aliphatic heterocycles. The predicted octanol–water partition coefficient (Wildman–Crippen LogP) is 3.02. The molecule has 0 aliphatic carbocycles. The lowest BCUT2D eigenvalue weighted by Gasteiger charge is -2.26. The third-order valence-corrected chi connectivity index (χ3v) is 5.72. The molecule has 7 heteroatoms. The Balaban J connectivity index is 1.99. The van der Waals surface area contributed by atoms with E-state index in [0.717, 1.165) is 11.1 Å². The number of primary sulfonamides is 1. The lowest BCUT2D eigenvalue weighted by molar-refractivity contribution is 0.0600. The second kappa shape index (κ2) is 9.21. The maximum absolute atomic E-state index is 13.4. The van der Waals surface area contributed by atoms with Crippen LogP contribution >= 0.6 is 0 Å². The van der Waals surface area contributed by atoms with E-state index in [9.17, 15) is 18.3 Å². The average Bonchev–Trinajstić information content (AvgIpc) is 2.73. The minimum absolute atomic E-state index is 0.00422. The summed E-state index contributed by atoms with van der Waals surface area (Å²) in [4.78, 5) is 14.6. The largest absolute Gasteiger partial charge is 0.387 e. The van der Waals surface area contributed by atoms with Crippen LogP contribution in [0, 0.1) is 6.92 Å². The number of carbonyl (C=O) groups is 1. The molecule has 3 rings (SSSR count). The molecule has 0 aliphatic rings. The van der Waals surface area contributed by atoms with E-state index in [4.69, 9.17) is 5.14 Å². The van der Waals surface area contributed by atoms with Gasteiger partial charge < -0.3 is 10.0 Å². The van der Waals surface area contributed by atoms with Crippen molar-refractivity contribution >= 4 is 15.9 Å². The van der Waals surface area contributed by atoms with Gasteiger partial charge >= 0.3 is 0 Å². The van der Waals surface area contributed by atoms with Crippen LogP contribution in [0.4, 0.5) is 0 Å². The summed E-state index contributed by atoms with van der Waals surface area (Å²) in [6.45, 7) is 1.97. The fourth-order valence-electron chi connectivity index (χ4n) is 3.24. The second-order valence-electron chi connectivity index (χ2n) is 7.14. The second-order valence-corrected chi connectivity index (χ2v) is 8.67. The molecule has 0 aromatic heterocycles. The number of nitrogens with zero attached hydrogens (tertiary/aromatic N) is 1. The molecule has 156 valence electrons. The zero-order valence-electron chi connectivity index (χ0n) is 16.6. The lowest BCUT2D eigenvalue weighted by Crippen LogP contribution is -2.35. The number of amides is 1. The van der Waals surface area contributed by atoms with E-state index < -0.39 is 22.0 Å². The van der Waals surface area contributed by atoms with Gasteiger partial charge in [0.1, 0.15) is 0 Å². The van der Waals surface area contributed by atoms with E-state index >= 15 is 0 Å². The zero-order valence-corrected chi connectivity index (χ0v) is 17.4. The number of hydrogen-bond donors (Lipinski definition) is 2. The first-order valence-corrected chi connectivity index (χ1v) is 11.0. The molecule has 0 spiro atoms. The molecule has 0 saturated heterocycles. The number of nitrogens with two attached hydrogens (primary N) is 1. The summed E-state index contributed by atoms with van der Waals surface area (Å²) < 4.78 is 24.1. The highest BCUT2D eigenvalue weighted by molar-refractivity contribution is 7.89. The molecule has 0 saturated carbocycles. The maximum atomic E-state index is 13.4. The van der Waals surface area contributed by atoms with Crippen LogP contribution in [0.5, 0.6) is 0 Å². The van der Waals surface area contributed by atoms with Crippen molar-refractivity contribution in [2.45, 2.75) is 24.5 Å². The Hall–Kier alpha value is -3.00. The van der Waals surface area contributed by atoms with Crippen molar-refractivity contribution in [2.24, 2.45) is 5.14 Å². The summed E-state index contributed by atoms with van der Waals surface area (Å²) in [6, 6.07) is 22.8. The van der Waals surface area contributed by atoms with Crippen molar-refractivity contribution in [3.8, 4) is 0 Å². The van der Waals surface area contributed by atoms with E-state index in [1.54, 1.807) is 25.1 Å². The number of carbonyl (C=O) groups excluding carboxylic acids is 1. The molecule has 1 amide bonds. The van der Waals surface area contributed by atoms with Crippen LogP contribution in [0.2, 0.25) is 0 Å². The van der Waals surface area contributed by atoms with Gasteiger partial charge in [-0.1, -0.05) is 72.3 Å². The summed E-state index contributed by atoms with van der Waals surface area (Å²) in [6.07, 6.45) is -0.929. The van der Waals surface area contributed by atoms with Gasteiger partial charge in [0.05, 0.1) is 23.1 Å². The summed E-state index contributed by atoms with van der Waals surface area (Å²) in [5.74, 6) is -0.512. The Bertz CT molecular complexity index is 1120. The molecule has 30 heavy (non-hydrogen) atoms. The third-order valence-electron chi connectivity index (χ3n) is 4.75. The van der Waals surface area contributed by atoms with Crippen molar-refractivity contribution in [2.75, 3.05) is 6.54 Å². The summed E-state index contributed by atoms with van der Waals surface area (Å²) in [7, 11) is -4.09. The number of aliphatic hydroxyl groups excluding tert-OH is 1. The Morgan fingerprint density at radius 2 is 1.60 bits per heavy atom. The van der Waals surface area contributed by atoms with Crippen molar-refractivity contribution in [3.05, 3.63) is 101 Å². The van der Waals surface area contributed by atoms with Gasteiger partial charge in [0.2, 0.25) is 10.0 Å². The van der Waals surface area contributed by atoms with Crippen LogP contribution in [-0.4, -0.2) is 30.9 Å². The van der Waals surface area contributed by atoms with Crippen molar-refractivity contribution in [3.63, 3.8) is 0 Å². The molecule has 1 unspecified atom stereocenters. The number of aryl methyl sites for hydroxylation is 1. The first kappa shape index (κ1) is 21.7. The zero-order chi connectivity index (χ0) is 21.7. The number of rotatable bonds is 7. The molecule has 0 bridgehead atoms. The first-order chi connectivity index (χ1) is 14.3. The lowest BCUT2D eigenvalue weighted by atomic mass is 10.1. The van der Waals surface area contributed by atoms with Crippen LogP contribution in [0.1, 0.15) is 33.2 Å². The molecule has 3 aromatic rings. The summed E-state index contributed by atoms with van der Waals surface area (Å²) >= 11 is 0. The minimum Gasteiger partial charge on any atom is -0.387 e. The van der Waals surface area contributed by atoms with Gasteiger partial charge in [-0.05, 0) is 30.2 Å². The fourth-order valence-corrected chi connectivity index (χ4v) is 3.95. The smallest absolute Gasteiger partial charge is 0.255 e. The summed E-state index contributed by atoms with van der Waals surface area (Å²) in [5, 5.41) is 16.1. The average molecular weight is 425 g/mol. The standard InChI is InChI=1S/C23H24N2O4S/c1-17-12-13-22(30(24,28)29)20(14-17)23(27)25(15-18-8-4-2-5-9-18)16-21(26)19-10-6-3-7-11-19/h2-14,21,26H,15-16H2,1H3,(H2,24,28,29). The van der Waals surface area contributed by atoms with Crippen LogP contribution < -0.4 is 5.14 Å². The number of aliphatic hydroxyl groups is 1. The third kappa shape index (κ3) is 5.33. The topological polar surface area (TPSA) is 101 Å². The van der Waals surface area contributed by atoms with Crippen LogP contribution in [0.3, 0.4) is 0 Å². The molecule has 0 heterocycles. The van der Waals surface area contributed by atoms with Gasteiger partial charge in [0, 0.05) is 6.54 Å². The molecular weight excluding hydrogens is 400 g/mol. The van der Waals surface area contributed by atoms with E-state index in [1.165, 1.54) is 17.0 Å². The Labute approximate surface area is 176 Å². The van der Waals surface area contributed by atoms with Crippen LogP contribution in [0.25, 0.3) is 0 Å². The van der Waals surface area contributed by atoms with Gasteiger partial charge in [-0.2, -0.15) is 0 Å². The molecule has 1 atom stereocenters. The van der Waals surface area contributed by atoms with E-state index in [0.29, 0.717) is 5.56 Å². The van der Waals surface area contributed by atoms with Crippen molar-refractivity contribution in [1.29, 1.82) is 0 Å². The maximum Gasteiger partial charge on any atom is 0.255 e. The number of benzene rings is 3. The molecule has 3 N–H and O–H groups in total. The fraction of sp³-hybridized carbons (Fsp3) is 0.174. The molecule has 0 radical (unpaired) electrons. The Kier molecular flexibility index (Phi) is 6.66. The van der Waals surface area contributed by atoms with Crippen molar-refractivity contribution < 1.29 is 18.3 Å². The molecule has 6 nitrogen and oxygen atoms in total. The van der Waals surface area contributed by atoms with E-state index in [-0.39, 0.29) is 23.5 Å². The number of sulfonamides is 1. The van der Waals surface area contributed by atoms with Gasteiger partial charge in [-0.15, -0.1) is 0 Å². The minimum atomic E-state index is -4.09.